The number of rotatable bonds is 5. The molecule has 0 bridgehead atoms. The van der Waals surface area contributed by atoms with Crippen LogP contribution in [0.15, 0.2) is 24.3 Å². The summed E-state index contributed by atoms with van der Waals surface area (Å²) in [4.78, 5) is 13.3. The second-order valence-corrected chi connectivity index (χ2v) is 3.94. The second kappa shape index (κ2) is 6.97. The molecule has 0 saturated carbocycles. The molecular formula is C10H11Cl3N2O. The van der Waals surface area contributed by atoms with Crippen molar-refractivity contribution in [3.63, 3.8) is 0 Å². The molecule has 1 aromatic carbocycles. The highest BCUT2D eigenvalue weighted by Crippen LogP contribution is 2.14. The van der Waals surface area contributed by atoms with Gasteiger partial charge in [0.05, 0.1) is 29.3 Å². The van der Waals surface area contributed by atoms with Crippen LogP contribution in [0.25, 0.3) is 0 Å². The Labute approximate surface area is 109 Å². The van der Waals surface area contributed by atoms with E-state index in [1.807, 2.05) is 0 Å². The van der Waals surface area contributed by atoms with E-state index in [1.165, 1.54) is 0 Å². The molecule has 88 valence electrons. The monoisotopic (exact) mass is 280 g/mol. The maximum Gasteiger partial charge on any atom is 0.253 e. The van der Waals surface area contributed by atoms with Crippen LogP contribution in [-0.2, 0) is 0 Å². The van der Waals surface area contributed by atoms with E-state index in [4.69, 9.17) is 34.8 Å². The van der Waals surface area contributed by atoms with Gasteiger partial charge in [-0.05, 0) is 12.1 Å². The number of carbonyl (C=O) groups excluding carboxylic acids is 1. The summed E-state index contributed by atoms with van der Waals surface area (Å²) in [5, 5.41) is 3.10. The zero-order chi connectivity index (χ0) is 12.0. The Hall–Kier alpha value is -0.480. The SMILES string of the molecule is O=C(NCN(CCl)CCl)c1ccccc1Cl. The molecule has 0 aromatic heterocycles. The maximum absolute atomic E-state index is 11.7. The van der Waals surface area contributed by atoms with E-state index in [9.17, 15) is 4.79 Å². The standard InChI is InChI=1S/C10H11Cl3N2O/c11-5-15(6-12)7-14-10(16)8-3-1-2-4-9(8)13/h1-4H,5-7H2,(H,14,16). The molecule has 0 unspecified atom stereocenters. The molecule has 6 heteroatoms. The Balaban J connectivity index is 2.56. The molecule has 1 N–H and O–H groups in total. The molecule has 0 fully saturated rings. The van der Waals surface area contributed by atoms with Gasteiger partial charge in [0.2, 0.25) is 0 Å². The zero-order valence-corrected chi connectivity index (χ0v) is 10.7. The summed E-state index contributed by atoms with van der Waals surface area (Å²) in [7, 11) is 0. The van der Waals surface area contributed by atoms with E-state index in [0.29, 0.717) is 10.6 Å². The Morgan fingerprint density at radius 3 is 2.44 bits per heavy atom. The number of hydrogen-bond acceptors (Lipinski definition) is 2. The van der Waals surface area contributed by atoms with Gasteiger partial charge in [0.15, 0.2) is 0 Å². The third-order valence-corrected chi connectivity index (χ3v) is 2.93. The first kappa shape index (κ1) is 13.6. The van der Waals surface area contributed by atoms with Gasteiger partial charge in [0.1, 0.15) is 0 Å². The van der Waals surface area contributed by atoms with Crippen LogP contribution in [-0.4, -0.2) is 29.5 Å². The number of carbonyl (C=O) groups is 1. The highest BCUT2D eigenvalue weighted by Gasteiger charge is 2.10. The molecule has 0 saturated heterocycles. The topological polar surface area (TPSA) is 32.3 Å². The summed E-state index contributed by atoms with van der Waals surface area (Å²) in [5.41, 5.74) is 0.438. The number of nitrogens with zero attached hydrogens (tertiary/aromatic N) is 1. The molecule has 0 aliphatic carbocycles. The van der Waals surface area contributed by atoms with Gasteiger partial charge in [0, 0.05) is 0 Å². The molecular weight excluding hydrogens is 270 g/mol. The van der Waals surface area contributed by atoms with Gasteiger partial charge < -0.3 is 5.32 Å². The Morgan fingerprint density at radius 1 is 1.25 bits per heavy atom. The average Bonchev–Trinajstić information content (AvgIpc) is 2.30. The van der Waals surface area contributed by atoms with Crippen LogP contribution in [0.5, 0.6) is 0 Å². The van der Waals surface area contributed by atoms with Crippen molar-refractivity contribution < 1.29 is 4.79 Å². The molecule has 3 nitrogen and oxygen atoms in total. The van der Waals surface area contributed by atoms with Crippen molar-refractivity contribution >= 4 is 40.7 Å². The van der Waals surface area contributed by atoms with E-state index < -0.39 is 0 Å². The lowest BCUT2D eigenvalue weighted by atomic mass is 10.2. The molecule has 0 aliphatic heterocycles. The number of amides is 1. The molecule has 0 heterocycles. The molecule has 0 atom stereocenters. The third-order valence-electron chi connectivity index (χ3n) is 1.92. The van der Waals surface area contributed by atoms with Gasteiger partial charge in [-0.15, -0.1) is 23.2 Å². The Kier molecular flexibility index (Phi) is 5.91. The molecule has 0 spiro atoms. The van der Waals surface area contributed by atoms with E-state index in [1.54, 1.807) is 29.2 Å². The number of benzene rings is 1. The lowest BCUT2D eigenvalue weighted by Gasteiger charge is -2.16. The first-order valence-electron chi connectivity index (χ1n) is 4.56. The quantitative estimate of drug-likeness (QED) is 0.511. The van der Waals surface area contributed by atoms with Crippen molar-refractivity contribution in [3.05, 3.63) is 34.9 Å². The number of hydrogen-bond donors (Lipinski definition) is 1. The van der Waals surface area contributed by atoms with Crippen molar-refractivity contribution in [3.8, 4) is 0 Å². The summed E-state index contributed by atoms with van der Waals surface area (Å²) in [6.45, 7) is 0.289. The highest BCUT2D eigenvalue weighted by molar-refractivity contribution is 6.33. The van der Waals surface area contributed by atoms with Gasteiger partial charge in [-0.2, -0.15) is 0 Å². The van der Waals surface area contributed by atoms with E-state index in [0.717, 1.165) is 0 Å². The molecule has 1 rings (SSSR count). The number of nitrogens with one attached hydrogen (secondary N) is 1. The van der Waals surface area contributed by atoms with Gasteiger partial charge in [-0.1, -0.05) is 23.7 Å². The van der Waals surface area contributed by atoms with Crippen LogP contribution in [0.1, 0.15) is 10.4 Å². The zero-order valence-electron chi connectivity index (χ0n) is 8.42. The normalized spacial score (nSPS) is 10.5. The van der Waals surface area contributed by atoms with Gasteiger partial charge >= 0.3 is 0 Å². The van der Waals surface area contributed by atoms with Crippen LogP contribution in [0.3, 0.4) is 0 Å². The van der Waals surface area contributed by atoms with E-state index in [-0.39, 0.29) is 24.6 Å². The average molecular weight is 282 g/mol. The first-order chi connectivity index (χ1) is 7.69. The van der Waals surface area contributed by atoms with Crippen molar-refractivity contribution in [2.24, 2.45) is 0 Å². The van der Waals surface area contributed by atoms with Gasteiger partial charge in [0.25, 0.3) is 5.91 Å². The number of halogens is 3. The predicted molar refractivity (Wildman–Crippen MR) is 67.1 cm³/mol. The Bertz CT molecular complexity index is 356. The fourth-order valence-corrected chi connectivity index (χ4v) is 1.69. The lowest BCUT2D eigenvalue weighted by Crippen LogP contribution is -2.36. The smallest absolute Gasteiger partial charge is 0.253 e. The molecule has 0 radical (unpaired) electrons. The minimum atomic E-state index is -0.245. The van der Waals surface area contributed by atoms with E-state index >= 15 is 0 Å². The minimum absolute atomic E-state index is 0.245. The van der Waals surface area contributed by atoms with Crippen LogP contribution in [0.2, 0.25) is 5.02 Å². The third kappa shape index (κ3) is 3.83. The molecule has 16 heavy (non-hydrogen) atoms. The van der Waals surface area contributed by atoms with Gasteiger partial charge in [-0.25, -0.2) is 0 Å². The summed E-state index contributed by atoms with van der Waals surface area (Å²) in [5.74, 6) is -0.245. The summed E-state index contributed by atoms with van der Waals surface area (Å²) in [6, 6.07) is 7.35. The van der Waals surface area contributed by atoms with Crippen LogP contribution >= 0.6 is 34.8 Å². The fourth-order valence-electron chi connectivity index (χ4n) is 1.04. The Morgan fingerprint density at radius 2 is 1.88 bits per heavy atom. The van der Waals surface area contributed by atoms with Crippen molar-refractivity contribution in [2.75, 3.05) is 18.7 Å². The molecule has 1 aromatic rings. The van der Waals surface area contributed by atoms with Crippen LogP contribution < -0.4 is 5.32 Å². The van der Waals surface area contributed by atoms with Crippen molar-refractivity contribution in [1.29, 1.82) is 0 Å². The molecule has 0 aliphatic rings. The van der Waals surface area contributed by atoms with Crippen LogP contribution in [0.4, 0.5) is 0 Å². The van der Waals surface area contributed by atoms with Crippen LogP contribution in [0, 0.1) is 0 Å². The first-order valence-corrected chi connectivity index (χ1v) is 6.00. The summed E-state index contributed by atoms with van der Waals surface area (Å²) in [6.07, 6.45) is 0. The number of alkyl halides is 2. The van der Waals surface area contributed by atoms with E-state index in [2.05, 4.69) is 5.32 Å². The largest absolute Gasteiger partial charge is 0.339 e. The van der Waals surface area contributed by atoms with Gasteiger partial charge in [-0.3, -0.25) is 9.69 Å². The van der Waals surface area contributed by atoms with Crippen molar-refractivity contribution in [1.82, 2.24) is 10.2 Å². The molecule has 1 amide bonds. The minimum Gasteiger partial charge on any atom is -0.339 e. The van der Waals surface area contributed by atoms with Crippen molar-refractivity contribution in [2.45, 2.75) is 0 Å². The lowest BCUT2D eigenvalue weighted by molar-refractivity contribution is 0.0932. The summed E-state index contributed by atoms with van der Waals surface area (Å²) >= 11 is 17.1. The summed E-state index contributed by atoms with van der Waals surface area (Å²) < 4.78 is 0. The fraction of sp³-hybridized carbons (Fsp3) is 0.300. The maximum atomic E-state index is 11.7. The predicted octanol–water partition coefficient (Wildman–Crippen LogP) is 2.72. The second-order valence-electron chi connectivity index (χ2n) is 3.05. The highest BCUT2D eigenvalue weighted by atomic mass is 35.5.